The van der Waals surface area contributed by atoms with E-state index in [1.165, 1.54) is 12.8 Å². The first-order valence-electron chi connectivity index (χ1n) is 6.76. The number of benzene rings is 1. The number of nitrogens with one attached hydrogen (secondary N) is 1. The molecule has 1 aromatic carbocycles. The number of aryl methyl sites for hydroxylation is 2. The molecular formula is C15H17BrN2O. The van der Waals surface area contributed by atoms with Crippen LogP contribution in [0.15, 0.2) is 27.5 Å². The van der Waals surface area contributed by atoms with Crippen molar-refractivity contribution in [1.82, 2.24) is 9.78 Å². The van der Waals surface area contributed by atoms with Gasteiger partial charge >= 0.3 is 0 Å². The molecule has 0 radical (unpaired) electrons. The zero-order valence-corrected chi connectivity index (χ0v) is 12.6. The van der Waals surface area contributed by atoms with Gasteiger partial charge in [0.25, 0.3) is 5.56 Å². The lowest BCUT2D eigenvalue weighted by molar-refractivity contribution is 0.689. The third-order valence-electron chi connectivity index (χ3n) is 3.83. The fourth-order valence-electron chi connectivity index (χ4n) is 2.80. The Morgan fingerprint density at radius 2 is 2.00 bits per heavy atom. The van der Waals surface area contributed by atoms with Crippen molar-refractivity contribution < 1.29 is 0 Å². The molecule has 0 saturated carbocycles. The van der Waals surface area contributed by atoms with Gasteiger partial charge in [-0.15, -0.1) is 0 Å². The second-order valence-corrected chi connectivity index (χ2v) is 6.12. The highest BCUT2D eigenvalue weighted by Gasteiger charge is 2.17. The maximum absolute atomic E-state index is 12.5. The smallest absolute Gasteiger partial charge is 0.274 e. The molecule has 0 saturated heterocycles. The molecule has 0 fully saturated rings. The van der Waals surface area contributed by atoms with E-state index in [4.69, 9.17) is 0 Å². The Morgan fingerprint density at radius 3 is 2.79 bits per heavy atom. The van der Waals surface area contributed by atoms with Gasteiger partial charge in [-0.3, -0.25) is 9.89 Å². The monoisotopic (exact) mass is 320 g/mol. The molecule has 100 valence electrons. The van der Waals surface area contributed by atoms with Gasteiger partial charge in [0, 0.05) is 15.7 Å². The molecule has 1 aliphatic carbocycles. The van der Waals surface area contributed by atoms with E-state index in [0.29, 0.717) is 0 Å². The summed E-state index contributed by atoms with van der Waals surface area (Å²) in [5.41, 5.74) is 4.28. The molecule has 0 spiro atoms. The number of rotatable bonds is 1. The van der Waals surface area contributed by atoms with E-state index in [2.05, 4.69) is 21.0 Å². The zero-order valence-electron chi connectivity index (χ0n) is 11.0. The van der Waals surface area contributed by atoms with Crippen molar-refractivity contribution in [2.24, 2.45) is 0 Å². The Bertz CT molecular complexity index is 669. The van der Waals surface area contributed by atoms with Crippen molar-refractivity contribution in [3.05, 3.63) is 49.8 Å². The molecule has 19 heavy (non-hydrogen) atoms. The molecule has 2 aromatic rings. The van der Waals surface area contributed by atoms with Crippen LogP contribution in [0.5, 0.6) is 0 Å². The molecule has 1 heterocycles. The van der Waals surface area contributed by atoms with Crippen molar-refractivity contribution in [1.29, 1.82) is 0 Å². The van der Waals surface area contributed by atoms with Crippen LogP contribution in [-0.4, -0.2) is 9.78 Å². The summed E-state index contributed by atoms with van der Waals surface area (Å²) in [5.74, 6) is 0. The molecule has 0 aliphatic heterocycles. The van der Waals surface area contributed by atoms with Crippen LogP contribution in [0.4, 0.5) is 0 Å². The Labute approximate surface area is 120 Å². The Kier molecular flexibility index (Phi) is 3.35. The topological polar surface area (TPSA) is 37.8 Å². The van der Waals surface area contributed by atoms with Gasteiger partial charge in [-0.1, -0.05) is 22.4 Å². The van der Waals surface area contributed by atoms with Gasteiger partial charge in [0.05, 0.1) is 5.69 Å². The van der Waals surface area contributed by atoms with Crippen molar-refractivity contribution in [3.63, 3.8) is 0 Å². The molecule has 0 atom stereocenters. The third-order valence-corrected chi connectivity index (χ3v) is 4.32. The van der Waals surface area contributed by atoms with E-state index < -0.39 is 0 Å². The van der Waals surface area contributed by atoms with Gasteiger partial charge in [0.2, 0.25) is 0 Å². The van der Waals surface area contributed by atoms with Crippen LogP contribution in [0.2, 0.25) is 0 Å². The minimum atomic E-state index is 0.127. The van der Waals surface area contributed by atoms with Gasteiger partial charge in [0.1, 0.15) is 0 Å². The maximum atomic E-state index is 12.5. The first-order valence-corrected chi connectivity index (χ1v) is 7.55. The van der Waals surface area contributed by atoms with E-state index in [9.17, 15) is 4.79 Å². The van der Waals surface area contributed by atoms with Crippen molar-refractivity contribution in [2.45, 2.75) is 39.0 Å². The zero-order chi connectivity index (χ0) is 13.4. The first kappa shape index (κ1) is 12.7. The molecule has 1 aliphatic rings. The fraction of sp³-hybridized carbons (Fsp3) is 0.400. The molecule has 0 unspecified atom stereocenters. The lowest BCUT2D eigenvalue weighted by Crippen LogP contribution is -2.18. The van der Waals surface area contributed by atoms with Crippen molar-refractivity contribution >= 4 is 15.9 Å². The standard InChI is InChI=1S/C15H17BrN2O/c1-10-9-11(16)7-8-14(10)18-15(19)12-5-3-2-4-6-13(12)17-18/h7-9,17H,2-6H2,1H3. The highest BCUT2D eigenvalue weighted by atomic mass is 79.9. The van der Waals surface area contributed by atoms with Gasteiger partial charge in [0.15, 0.2) is 0 Å². The lowest BCUT2D eigenvalue weighted by atomic mass is 10.1. The van der Waals surface area contributed by atoms with Crippen LogP contribution in [0.3, 0.4) is 0 Å². The highest BCUT2D eigenvalue weighted by Crippen LogP contribution is 2.21. The van der Waals surface area contributed by atoms with E-state index in [0.717, 1.165) is 46.2 Å². The molecule has 4 heteroatoms. The van der Waals surface area contributed by atoms with E-state index in [1.807, 2.05) is 25.1 Å². The van der Waals surface area contributed by atoms with Gasteiger partial charge in [-0.25, -0.2) is 4.68 Å². The van der Waals surface area contributed by atoms with Gasteiger partial charge in [-0.2, -0.15) is 0 Å². The quantitative estimate of drug-likeness (QED) is 0.802. The summed E-state index contributed by atoms with van der Waals surface area (Å²) < 4.78 is 2.74. The predicted molar refractivity (Wildman–Crippen MR) is 80.1 cm³/mol. The highest BCUT2D eigenvalue weighted by molar-refractivity contribution is 9.10. The summed E-state index contributed by atoms with van der Waals surface area (Å²) >= 11 is 3.46. The Balaban J connectivity index is 2.13. The van der Waals surface area contributed by atoms with Crippen LogP contribution in [0.1, 0.15) is 36.1 Å². The summed E-state index contributed by atoms with van der Waals surface area (Å²) in [6.07, 6.45) is 5.42. The maximum Gasteiger partial charge on any atom is 0.274 e. The number of aromatic amines is 1. The van der Waals surface area contributed by atoms with Crippen LogP contribution >= 0.6 is 15.9 Å². The molecule has 1 N–H and O–H groups in total. The number of hydrogen-bond donors (Lipinski definition) is 1. The van der Waals surface area contributed by atoms with Crippen LogP contribution in [-0.2, 0) is 12.8 Å². The minimum Gasteiger partial charge on any atom is -0.295 e. The summed E-state index contributed by atoms with van der Waals surface area (Å²) in [5, 5.41) is 3.31. The molecule has 1 aromatic heterocycles. The molecule has 3 rings (SSSR count). The molecule has 0 amide bonds. The lowest BCUT2D eigenvalue weighted by Gasteiger charge is -2.06. The Morgan fingerprint density at radius 1 is 1.21 bits per heavy atom. The number of hydrogen-bond acceptors (Lipinski definition) is 1. The van der Waals surface area contributed by atoms with Crippen molar-refractivity contribution in [3.8, 4) is 5.69 Å². The number of halogens is 1. The predicted octanol–water partition coefficient (Wildman–Crippen LogP) is 3.51. The van der Waals surface area contributed by atoms with E-state index in [-0.39, 0.29) is 5.56 Å². The van der Waals surface area contributed by atoms with E-state index in [1.54, 1.807) is 4.68 Å². The number of aromatic nitrogens is 2. The third kappa shape index (κ3) is 2.29. The average Bonchev–Trinajstić information content (AvgIpc) is 2.57. The minimum absolute atomic E-state index is 0.127. The Hall–Kier alpha value is -1.29. The van der Waals surface area contributed by atoms with Crippen LogP contribution < -0.4 is 5.56 Å². The van der Waals surface area contributed by atoms with E-state index >= 15 is 0 Å². The summed E-state index contributed by atoms with van der Waals surface area (Å²) in [6, 6.07) is 5.99. The van der Waals surface area contributed by atoms with Gasteiger partial charge in [-0.05, 0) is 56.4 Å². The van der Waals surface area contributed by atoms with Gasteiger partial charge < -0.3 is 0 Å². The largest absolute Gasteiger partial charge is 0.295 e. The summed E-state index contributed by atoms with van der Waals surface area (Å²) in [7, 11) is 0. The number of nitrogens with zero attached hydrogens (tertiary/aromatic N) is 1. The van der Waals surface area contributed by atoms with Crippen molar-refractivity contribution in [2.75, 3.05) is 0 Å². The summed E-state index contributed by atoms with van der Waals surface area (Å²) in [6.45, 7) is 2.03. The fourth-order valence-corrected chi connectivity index (χ4v) is 3.28. The first-order chi connectivity index (χ1) is 9.16. The summed E-state index contributed by atoms with van der Waals surface area (Å²) in [4.78, 5) is 12.5. The van der Waals surface area contributed by atoms with Crippen LogP contribution in [0.25, 0.3) is 5.69 Å². The molecular weight excluding hydrogens is 304 g/mol. The number of fused-ring (bicyclic) bond motifs is 1. The molecule has 0 bridgehead atoms. The number of H-pyrrole nitrogens is 1. The second kappa shape index (κ2) is 5.00. The molecule has 3 nitrogen and oxygen atoms in total. The average molecular weight is 321 g/mol. The van der Waals surface area contributed by atoms with Crippen LogP contribution in [0, 0.1) is 6.92 Å². The SMILES string of the molecule is Cc1cc(Br)ccc1-n1[nH]c2c(c1=O)CCCCC2. The normalized spacial score (nSPS) is 15.1. The second-order valence-electron chi connectivity index (χ2n) is 5.20.